The maximum atomic E-state index is 13.0. The molecular formula is C18H23N3O4. The lowest BCUT2D eigenvalue weighted by atomic mass is 10.0. The Kier molecular flexibility index (Phi) is 4.74. The second kappa shape index (κ2) is 6.82. The van der Waals surface area contributed by atoms with E-state index in [2.05, 4.69) is 10.1 Å². The van der Waals surface area contributed by atoms with Gasteiger partial charge in [-0.3, -0.25) is 9.59 Å². The third-order valence-electron chi connectivity index (χ3n) is 4.57. The Morgan fingerprint density at radius 2 is 2.16 bits per heavy atom. The Balaban J connectivity index is 2.01. The van der Waals surface area contributed by atoms with Crippen LogP contribution in [0.15, 0.2) is 10.6 Å². The number of aromatic nitrogens is 2. The van der Waals surface area contributed by atoms with E-state index in [0.717, 1.165) is 30.7 Å². The van der Waals surface area contributed by atoms with Crippen LogP contribution in [0.2, 0.25) is 0 Å². The molecule has 0 aromatic carbocycles. The van der Waals surface area contributed by atoms with Crippen molar-refractivity contribution in [1.82, 2.24) is 15.0 Å². The monoisotopic (exact) mass is 345 g/mol. The molecule has 25 heavy (non-hydrogen) atoms. The maximum Gasteiger partial charge on any atom is 0.308 e. The van der Waals surface area contributed by atoms with Crippen molar-refractivity contribution in [3.05, 3.63) is 23.0 Å². The number of hydrogen-bond donors (Lipinski definition) is 1. The van der Waals surface area contributed by atoms with Gasteiger partial charge in [-0.05, 0) is 25.3 Å². The quantitative estimate of drug-likeness (QED) is 0.829. The summed E-state index contributed by atoms with van der Waals surface area (Å²) in [7, 11) is 1.62. The molecule has 2 aromatic heterocycles. The summed E-state index contributed by atoms with van der Waals surface area (Å²) in [5.74, 6) is -1.40. The summed E-state index contributed by atoms with van der Waals surface area (Å²) in [6.45, 7) is 3.77. The largest absolute Gasteiger partial charge is 0.481 e. The molecule has 1 amide bonds. The van der Waals surface area contributed by atoms with Crippen molar-refractivity contribution in [2.45, 2.75) is 45.4 Å². The molecule has 1 atom stereocenters. The van der Waals surface area contributed by atoms with Crippen LogP contribution in [0.25, 0.3) is 11.1 Å². The summed E-state index contributed by atoms with van der Waals surface area (Å²) in [4.78, 5) is 30.1. The molecule has 134 valence electrons. The number of carboxylic acids is 1. The number of carbonyl (C=O) groups is 2. The van der Waals surface area contributed by atoms with Crippen LogP contribution in [-0.4, -0.2) is 45.6 Å². The van der Waals surface area contributed by atoms with Crippen molar-refractivity contribution in [2.24, 2.45) is 5.92 Å². The fourth-order valence-corrected chi connectivity index (χ4v) is 2.97. The summed E-state index contributed by atoms with van der Waals surface area (Å²) in [5, 5.41) is 13.8. The fourth-order valence-electron chi connectivity index (χ4n) is 2.97. The highest BCUT2D eigenvalue weighted by Crippen LogP contribution is 2.40. The summed E-state index contributed by atoms with van der Waals surface area (Å²) in [5.41, 5.74) is 2.50. The van der Waals surface area contributed by atoms with Gasteiger partial charge in [-0.1, -0.05) is 25.4 Å². The summed E-state index contributed by atoms with van der Waals surface area (Å²) >= 11 is 0. The first-order chi connectivity index (χ1) is 11.9. The first-order valence-corrected chi connectivity index (χ1v) is 8.69. The third kappa shape index (κ3) is 3.50. The van der Waals surface area contributed by atoms with Gasteiger partial charge in [0.1, 0.15) is 0 Å². The normalized spacial score (nSPS) is 15.3. The van der Waals surface area contributed by atoms with Crippen LogP contribution >= 0.6 is 0 Å². The van der Waals surface area contributed by atoms with Gasteiger partial charge in [0, 0.05) is 25.2 Å². The van der Waals surface area contributed by atoms with E-state index in [1.54, 1.807) is 14.0 Å². The number of pyridine rings is 1. The van der Waals surface area contributed by atoms with E-state index >= 15 is 0 Å². The summed E-state index contributed by atoms with van der Waals surface area (Å²) in [6.07, 6.45) is 3.71. The smallest absolute Gasteiger partial charge is 0.308 e. The zero-order chi connectivity index (χ0) is 18.1. The highest BCUT2D eigenvalue weighted by molar-refractivity contribution is 6.06. The maximum absolute atomic E-state index is 13.0. The number of carbonyl (C=O) groups excluding carboxylic acids is 1. The van der Waals surface area contributed by atoms with Crippen LogP contribution in [-0.2, 0) is 11.2 Å². The molecule has 1 N–H and O–H groups in total. The number of amides is 1. The topological polar surface area (TPSA) is 96.5 Å². The van der Waals surface area contributed by atoms with Gasteiger partial charge in [0.15, 0.2) is 0 Å². The van der Waals surface area contributed by atoms with Crippen LogP contribution in [0.3, 0.4) is 0 Å². The van der Waals surface area contributed by atoms with Gasteiger partial charge in [-0.15, -0.1) is 0 Å². The molecule has 1 fully saturated rings. The van der Waals surface area contributed by atoms with Crippen molar-refractivity contribution < 1.29 is 19.2 Å². The second-order valence-electron chi connectivity index (χ2n) is 6.85. The Bertz CT molecular complexity index is 810. The van der Waals surface area contributed by atoms with Crippen molar-refractivity contribution in [1.29, 1.82) is 0 Å². The van der Waals surface area contributed by atoms with Gasteiger partial charge >= 0.3 is 5.97 Å². The van der Waals surface area contributed by atoms with Crippen LogP contribution in [0, 0.1) is 5.92 Å². The minimum absolute atomic E-state index is 0.144. The molecule has 3 rings (SSSR count). The number of nitrogens with zero attached hydrogens (tertiary/aromatic N) is 3. The molecular weight excluding hydrogens is 322 g/mol. The highest BCUT2D eigenvalue weighted by atomic mass is 16.5. The fraction of sp³-hybridized carbons (Fsp3) is 0.556. The van der Waals surface area contributed by atoms with Crippen LogP contribution in [0.4, 0.5) is 0 Å². The molecule has 0 spiro atoms. The minimum Gasteiger partial charge on any atom is -0.481 e. The lowest BCUT2D eigenvalue weighted by Gasteiger charge is -2.20. The molecule has 1 aliphatic carbocycles. The molecule has 7 heteroatoms. The third-order valence-corrected chi connectivity index (χ3v) is 4.57. The van der Waals surface area contributed by atoms with E-state index in [-0.39, 0.29) is 12.5 Å². The van der Waals surface area contributed by atoms with Crippen LogP contribution < -0.4 is 0 Å². The van der Waals surface area contributed by atoms with Crippen molar-refractivity contribution in [3.8, 4) is 0 Å². The second-order valence-corrected chi connectivity index (χ2v) is 6.85. The number of fused-ring (bicyclic) bond motifs is 1. The van der Waals surface area contributed by atoms with E-state index in [9.17, 15) is 9.59 Å². The van der Waals surface area contributed by atoms with Crippen molar-refractivity contribution in [3.63, 3.8) is 0 Å². The minimum atomic E-state index is -0.921. The van der Waals surface area contributed by atoms with E-state index in [1.807, 2.05) is 13.0 Å². The van der Waals surface area contributed by atoms with Crippen molar-refractivity contribution in [2.75, 3.05) is 13.6 Å². The van der Waals surface area contributed by atoms with Gasteiger partial charge in [0.25, 0.3) is 11.6 Å². The SMILES string of the molecule is CCCc1noc2nc(C3CC3)cc(C(=O)N(C)CC(C)C(=O)O)c12. The molecule has 2 heterocycles. The summed E-state index contributed by atoms with van der Waals surface area (Å²) < 4.78 is 5.38. The number of hydrogen-bond acceptors (Lipinski definition) is 5. The number of rotatable bonds is 7. The first-order valence-electron chi connectivity index (χ1n) is 8.69. The number of aryl methyl sites for hydroxylation is 1. The standard InChI is InChI=1S/C18H23N3O4/c1-4-5-13-15-12(17(22)21(3)9-10(2)18(23)24)8-14(11-6-7-11)19-16(15)25-20-13/h8,10-11H,4-7,9H2,1-3H3,(H,23,24). The lowest BCUT2D eigenvalue weighted by molar-refractivity contribution is -0.141. The predicted molar refractivity (Wildman–Crippen MR) is 91.5 cm³/mol. The van der Waals surface area contributed by atoms with Gasteiger partial charge in [-0.2, -0.15) is 0 Å². The summed E-state index contributed by atoms with van der Waals surface area (Å²) in [6, 6.07) is 1.83. The molecule has 1 aliphatic rings. The molecule has 0 bridgehead atoms. The zero-order valence-corrected chi connectivity index (χ0v) is 14.8. The van der Waals surface area contributed by atoms with Gasteiger partial charge in [0.05, 0.1) is 22.6 Å². The Morgan fingerprint density at radius 3 is 2.76 bits per heavy atom. The van der Waals surface area contributed by atoms with Crippen LogP contribution in [0.5, 0.6) is 0 Å². The van der Waals surface area contributed by atoms with Gasteiger partial charge in [0.2, 0.25) is 0 Å². The van der Waals surface area contributed by atoms with E-state index < -0.39 is 11.9 Å². The Labute approximate surface area is 146 Å². The first kappa shape index (κ1) is 17.4. The van der Waals surface area contributed by atoms with E-state index in [0.29, 0.717) is 29.0 Å². The average Bonchev–Trinajstić information content (AvgIpc) is 3.36. The van der Waals surface area contributed by atoms with E-state index in [4.69, 9.17) is 9.63 Å². The molecule has 1 unspecified atom stereocenters. The number of aliphatic carboxylic acids is 1. The highest BCUT2D eigenvalue weighted by Gasteiger charge is 2.30. The zero-order valence-electron chi connectivity index (χ0n) is 14.8. The average molecular weight is 345 g/mol. The van der Waals surface area contributed by atoms with Gasteiger partial charge in [-0.25, -0.2) is 4.98 Å². The molecule has 1 saturated carbocycles. The molecule has 2 aromatic rings. The Hall–Kier alpha value is -2.44. The Morgan fingerprint density at radius 1 is 1.44 bits per heavy atom. The van der Waals surface area contributed by atoms with Crippen LogP contribution in [0.1, 0.15) is 60.8 Å². The molecule has 7 nitrogen and oxygen atoms in total. The molecule has 0 saturated heterocycles. The molecule has 0 radical (unpaired) electrons. The number of carboxylic acid groups (broad SMARTS) is 1. The lowest BCUT2D eigenvalue weighted by Crippen LogP contribution is -2.34. The van der Waals surface area contributed by atoms with Gasteiger partial charge < -0.3 is 14.5 Å². The van der Waals surface area contributed by atoms with E-state index in [1.165, 1.54) is 4.90 Å². The molecule has 0 aliphatic heterocycles. The predicted octanol–water partition coefficient (Wildman–Crippen LogP) is 2.85. The van der Waals surface area contributed by atoms with Crippen molar-refractivity contribution >= 4 is 23.0 Å².